The average molecular weight is 312 g/mol. The standard InChI is InChI=1S/C15H29BN2O4/c1-11(2)9-13(16(21)22)18-14(19)10-17-15(20)12-7-5-3-4-6-8-12/h11-13,21-22H,3-10H2,1-2H3,(H,17,20)(H,18,19)/t13-/m0/s1. The summed E-state index contributed by atoms with van der Waals surface area (Å²) in [6.45, 7) is 3.77. The minimum atomic E-state index is -1.59. The third-order valence-corrected chi connectivity index (χ3v) is 4.08. The lowest BCUT2D eigenvalue weighted by Gasteiger charge is -2.20. The molecule has 0 heterocycles. The molecule has 1 fully saturated rings. The zero-order chi connectivity index (χ0) is 16.5. The molecule has 1 atom stereocenters. The number of hydrogen-bond donors (Lipinski definition) is 4. The Kier molecular flexibility index (Phi) is 8.49. The first-order valence-corrected chi connectivity index (χ1v) is 8.33. The van der Waals surface area contributed by atoms with Crippen molar-refractivity contribution in [3.8, 4) is 0 Å². The number of carbonyl (C=O) groups is 2. The first-order chi connectivity index (χ1) is 10.4. The van der Waals surface area contributed by atoms with E-state index >= 15 is 0 Å². The summed E-state index contributed by atoms with van der Waals surface area (Å²) in [5.41, 5.74) is 0. The van der Waals surface area contributed by atoms with E-state index in [2.05, 4.69) is 10.6 Å². The summed E-state index contributed by atoms with van der Waals surface area (Å²) in [6, 6.07) is 0. The molecule has 126 valence electrons. The van der Waals surface area contributed by atoms with Crippen molar-refractivity contribution in [2.24, 2.45) is 11.8 Å². The van der Waals surface area contributed by atoms with Crippen molar-refractivity contribution in [2.75, 3.05) is 6.54 Å². The fourth-order valence-electron chi connectivity index (χ4n) is 2.87. The van der Waals surface area contributed by atoms with Gasteiger partial charge in [-0.05, 0) is 25.2 Å². The van der Waals surface area contributed by atoms with Crippen molar-refractivity contribution in [1.29, 1.82) is 0 Å². The Morgan fingerprint density at radius 1 is 1.14 bits per heavy atom. The number of amides is 2. The lowest BCUT2D eigenvalue weighted by atomic mass is 9.75. The monoisotopic (exact) mass is 312 g/mol. The molecule has 0 radical (unpaired) electrons. The summed E-state index contributed by atoms with van der Waals surface area (Å²) < 4.78 is 0. The molecule has 2 amide bonds. The van der Waals surface area contributed by atoms with E-state index in [1.165, 1.54) is 12.8 Å². The predicted octanol–water partition coefficient (Wildman–Crippen LogP) is 0.616. The van der Waals surface area contributed by atoms with Gasteiger partial charge in [-0.15, -0.1) is 0 Å². The molecule has 4 N–H and O–H groups in total. The molecular weight excluding hydrogens is 283 g/mol. The maximum Gasteiger partial charge on any atom is 0.475 e. The summed E-state index contributed by atoms with van der Waals surface area (Å²) in [7, 11) is -1.59. The first kappa shape index (κ1) is 19.0. The highest BCUT2D eigenvalue weighted by Crippen LogP contribution is 2.22. The molecule has 0 aromatic rings. The second-order valence-corrected chi connectivity index (χ2v) is 6.62. The van der Waals surface area contributed by atoms with Crippen LogP contribution >= 0.6 is 0 Å². The van der Waals surface area contributed by atoms with E-state index in [0.717, 1.165) is 25.7 Å². The van der Waals surface area contributed by atoms with Gasteiger partial charge < -0.3 is 20.7 Å². The molecule has 1 aliphatic rings. The Labute approximate surface area is 133 Å². The molecule has 6 nitrogen and oxygen atoms in total. The third kappa shape index (κ3) is 7.27. The molecule has 0 spiro atoms. The number of carbonyl (C=O) groups excluding carboxylic acids is 2. The molecular formula is C15H29BN2O4. The summed E-state index contributed by atoms with van der Waals surface area (Å²) in [4.78, 5) is 23.9. The minimum Gasteiger partial charge on any atom is -0.426 e. The van der Waals surface area contributed by atoms with Crippen LogP contribution < -0.4 is 10.6 Å². The smallest absolute Gasteiger partial charge is 0.426 e. The van der Waals surface area contributed by atoms with E-state index in [0.29, 0.717) is 6.42 Å². The fraction of sp³-hybridized carbons (Fsp3) is 0.867. The van der Waals surface area contributed by atoms with Crippen LogP contribution in [0.5, 0.6) is 0 Å². The fourth-order valence-corrected chi connectivity index (χ4v) is 2.87. The molecule has 0 bridgehead atoms. The molecule has 1 aliphatic carbocycles. The maximum atomic E-state index is 12.1. The topological polar surface area (TPSA) is 98.7 Å². The Morgan fingerprint density at radius 2 is 1.73 bits per heavy atom. The van der Waals surface area contributed by atoms with Crippen LogP contribution in [0.3, 0.4) is 0 Å². The molecule has 0 saturated heterocycles. The van der Waals surface area contributed by atoms with Crippen LogP contribution in [-0.4, -0.2) is 41.5 Å². The zero-order valence-corrected chi connectivity index (χ0v) is 13.7. The normalized spacial score (nSPS) is 17.7. The van der Waals surface area contributed by atoms with Gasteiger partial charge in [-0.25, -0.2) is 0 Å². The van der Waals surface area contributed by atoms with Gasteiger partial charge in [0.15, 0.2) is 0 Å². The van der Waals surface area contributed by atoms with E-state index < -0.39 is 13.1 Å². The van der Waals surface area contributed by atoms with Crippen molar-refractivity contribution in [1.82, 2.24) is 10.6 Å². The molecule has 1 rings (SSSR count). The van der Waals surface area contributed by atoms with Gasteiger partial charge in [0.25, 0.3) is 0 Å². The molecule has 7 heteroatoms. The zero-order valence-electron chi connectivity index (χ0n) is 13.7. The molecule has 1 saturated carbocycles. The number of nitrogens with one attached hydrogen (secondary N) is 2. The SMILES string of the molecule is CC(C)C[C@H](NC(=O)CNC(=O)C1CCCCCC1)B(O)O. The van der Waals surface area contributed by atoms with Crippen LogP contribution in [-0.2, 0) is 9.59 Å². The third-order valence-electron chi connectivity index (χ3n) is 4.08. The molecule has 0 aliphatic heterocycles. The molecule has 0 aromatic carbocycles. The quantitative estimate of drug-likeness (QED) is 0.409. The predicted molar refractivity (Wildman–Crippen MR) is 85.8 cm³/mol. The van der Waals surface area contributed by atoms with Crippen LogP contribution in [0, 0.1) is 11.8 Å². The lowest BCUT2D eigenvalue weighted by Crippen LogP contribution is -2.50. The van der Waals surface area contributed by atoms with Crippen LogP contribution in [0.25, 0.3) is 0 Å². The van der Waals surface area contributed by atoms with Gasteiger partial charge in [0.05, 0.1) is 12.5 Å². The van der Waals surface area contributed by atoms with Gasteiger partial charge in [-0.2, -0.15) is 0 Å². The van der Waals surface area contributed by atoms with E-state index in [1.807, 2.05) is 13.8 Å². The van der Waals surface area contributed by atoms with E-state index in [9.17, 15) is 19.6 Å². The molecule has 0 aromatic heterocycles. The second-order valence-electron chi connectivity index (χ2n) is 6.62. The Hall–Kier alpha value is -1.08. The summed E-state index contributed by atoms with van der Waals surface area (Å²) in [5.74, 6) is -0.928. The number of rotatable bonds is 7. The van der Waals surface area contributed by atoms with Gasteiger partial charge in [0.2, 0.25) is 11.8 Å². The first-order valence-electron chi connectivity index (χ1n) is 8.33. The van der Waals surface area contributed by atoms with Crippen molar-refractivity contribution < 1.29 is 19.6 Å². The minimum absolute atomic E-state index is 0.00481. The Bertz CT molecular complexity index is 355. The summed E-state index contributed by atoms with van der Waals surface area (Å²) >= 11 is 0. The van der Waals surface area contributed by atoms with Gasteiger partial charge in [-0.1, -0.05) is 39.5 Å². The summed E-state index contributed by atoms with van der Waals surface area (Å²) in [5, 5.41) is 23.8. The van der Waals surface area contributed by atoms with Crippen LogP contribution in [0.2, 0.25) is 0 Å². The largest absolute Gasteiger partial charge is 0.475 e. The highest BCUT2D eigenvalue weighted by atomic mass is 16.4. The van der Waals surface area contributed by atoms with E-state index in [1.54, 1.807) is 0 Å². The van der Waals surface area contributed by atoms with Gasteiger partial charge in [0.1, 0.15) is 0 Å². The van der Waals surface area contributed by atoms with Gasteiger partial charge >= 0.3 is 7.12 Å². The van der Waals surface area contributed by atoms with Crippen LogP contribution in [0.15, 0.2) is 0 Å². The van der Waals surface area contributed by atoms with Crippen LogP contribution in [0.1, 0.15) is 58.8 Å². The van der Waals surface area contributed by atoms with Crippen molar-refractivity contribution in [2.45, 2.75) is 64.7 Å². The van der Waals surface area contributed by atoms with Gasteiger partial charge in [-0.3, -0.25) is 9.59 Å². The second kappa shape index (κ2) is 9.84. The van der Waals surface area contributed by atoms with Crippen LogP contribution in [0.4, 0.5) is 0 Å². The molecule has 22 heavy (non-hydrogen) atoms. The van der Waals surface area contributed by atoms with Gasteiger partial charge in [0, 0.05) is 5.92 Å². The Morgan fingerprint density at radius 3 is 2.23 bits per heavy atom. The van der Waals surface area contributed by atoms with Crippen molar-refractivity contribution >= 4 is 18.9 Å². The number of hydrogen-bond acceptors (Lipinski definition) is 4. The lowest BCUT2D eigenvalue weighted by molar-refractivity contribution is -0.129. The highest BCUT2D eigenvalue weighted by molar-refractivity contribution is 6.43. The Balaban J connectivity index is 2.35. The average Bonchev–Trinajstić information content (AvgIpc) is 2.72. The van der Waals surface area contributed by atoms with Crippen molar-refractivity contribution in [3.05, 3.63) is 0 Å². The van der Waals surface area contributed by atoms with Crippen molar-refractivity contribution in [3.63, 3.8) is 0 Å². The molecule has 0 unspecified atom stereocenters. The maximum absolute atomic E-state index is 12.1. The highest BCUT2D eigenvalue weighted by Gasteiger charge is 2.26. The van der Waals surface area contributed by atoms with E-state index in [4.69, 9.17) is 0 Å². The van der Waals surface area contributed by atoms with E-state index in [-0.39, 0.29) is 30.2 Å². The summed E-state index contributed by atoms with van der Waals surface area (Å²) in [6.07, 6.45) is 6.73.